The SMILES string of the molecule is CNc1nc(-c2cc(Br)c(Br)s2)nc(COC)c1Br. The summed E-state index contributed by atoms with van der Waals surface area (Å²) in [7, 11) is 3.47. The molecule has 0 amide bonds. The lowest BCUT2D eigenvalue weighted by Gasteiger charge is -2.09. The second kappa shape index (κ2) is 6.62. The van der Waals surface area contributed by atoms with Crippen molar-refractivity contribution in [1.29, 1.82) is 0 Å². The molecule has 0 unspecified atom stereocenters. The van der Waals surface area contributed by atoms with Crippen molar-refractivity contribution >= 4 is 64.9 Å². The third-order valence-electron chi connectivity index (χ3n) is 2.30. The monoisotopic (exact) mass is 469 g/mol. The van der Waals surface area contributed by atoms with E-state index in [-0.39, 0.29) is 0 Å². The molecule has 2 aromatic heterocycles. The van der Waals surface area contributed by atoms with Crippen molar-refractivity contribution in [3.8, 4) is 10.7 Å². The molecule has 0 aromatic carbocycles. The molecule has 0 saturated carbocycles. The molecule has 0 aliphatic heterocycles. The summed E-state index contributed by atoms with van der Waals surface area (Å²) in [4.78, 5) is 10.0. The predicted molar refractivity (Wildman–Crippen MR) is 88.7 cm³/mol. The average molecular weight is 472 g/mol. The molecule has 8 heteroatoms. The van der Waals surface area contributed by atoms with E-state index in [1.54, 1.807) is 18.4 Å². The Morgan fingerprint density at radius 3 is 2.58 bits per heavy atom. The Kier molecular flexibility index (Phi) is 5.36. The van der Waals surface area contributed by atoms with Crippen LogP contribution in [0.2, 0.25) is 0 Å². The van der Waals surface area contributed by atoms with E-state index < -0.39 is 0 Å². The molecule has 0 aliphatic carbocycles. The van der Waals surface area contributed by atoms with Crippen LogP contribution in [0.1, 0.15) is 5.69 Å². The summed E-state index contributed by atoms with van der Waals surface area (Å²) in [6.45, 7) is 0.429. The molecule has 0 radical (unpaired) electrons. The van der Waals surface area contributed by atoms with E-state index in [1.165, 1.54) is 0 Å². The van der Waals surface area contributed by atoms with E-state index in [1.807, 2.05) is 13.1 Å². The van der Waals surface area contributed by atoms with Crippen LogP contribution in [0.25, 0.3) is 10.7 Å². The minimum absolute atomic E-state index is 0.429. The number of thiophene rings is 1. The standard InChI is InChI=1S/C11H10Br3N3OS/c1-15-11-8(13)6(4-18-2)16-10(17-11)7-3-5(12)9(14)19-7/h3H,4H2,1-2H3,(H,15,16,17). The van der Waals surface area contributed by atoms with Crippen LogP contribution in [0.3, 0.4) is 0 Å². The summed E-state index contributed by atoms with van der Waals surface area (Å²) in [5.41, 5.74) is 0.817. The van der Waals surface area contributed by atoms with E-state index >= 15 is 0 Å². The van der Waals surface area contributed by atoms with Crippen LogP contribution >= 0.6 is 59.1 Å². The fraction of sp³-hybridized carbons (Fsp3) is 0.273. The van der Waals surface area contributed by atoms with Crippen LogP contribution in [-0.2, 0) is 11.3 Å². The van der Waals surface area contributed by atoms with Gasteiger partial charge in [-0.3, -0.25) is 0 Å². The van der Waals surface area contributed by atoms with Gasteiger partial charge in [-0.25, -0.2) is 9.97 Å². The number of ether oxygens (including phenoxy) is 1. The minimum Gasteiger partial charge on any atom is -0.378 e. The summed E-state index contributed by atoms with van der Waals surface area (Å²) >= 11 is 12.0. The van der Waals surface area contributed by atoms with Crippen LogP contribution in [0.15, 0.2) is 18.8 Å². The fourth-order valence-corrected chi connectivity index (χ4v) is 3.92. The van der Waals surface area contributed by atoms with Gasteiger partial charge in [0.15, 0.2) is 5.82 Å². The number of hydrogen-bond acceptors (Lipinski definition) is 5. The zero-order valence-corrected chi connectivity index (χ0v) is 15.7. The lowest BCUT2D eigenvalue weighted by molar-refractivity contribution is 0.181. The van der Waals surface area contributed by atoms with Crippen molar-refractivity contribution in [2.75, 3.05) is 19.5 Å². The van der Waals surface area contributed by atoms with E-state index in [2.05, 4.69) is 63.1 Å². The summed E-state index contributed by atoms with van der Waals surface area (Å²) in [5, 5.41) is 3.05. The average Bonchev–Trinajstić information content (AvgIpc) is 2.72. The quantitative estimate of drug-likeness (QED) is 0.703. The Hall–Kier alpha value is -0.0200. The van der Waals surface area contributed by atoms with Gasteiger partial charge in [0.25, 0.3) is 0 Å². The molecule has 0 fully saturated rings. The molecule has 102 valence electrons. The highest BCUT2D eigenvalue weighted by molar-refractivity contribution is 9.13. The zero-order valence-electron chi connectivity index (χ0n) is 10.1. The topological polar surface area (TPSA) is 47.0 Å². The van der Waals surface area contributed by atoms with E-state index in [9.17, 15) is 0 Å². The van der Waals surface area contributed by atoms with Crippen molar-refractivity contribution in [3.63, 3.8) is 0 Å². The number of nitrogens with one attached hydrogen (secondary N) is 1. The first kappa shape index (κ1) is 15.4. The predicted octanol–water partition coefficient (Wildman–Crippen LogP) is 4.68. The van der Waals surface area contributed by atoms with Gasteiger partial charge in [-0.2, -0.15) is 0 Å². The van der Waals surface area contributed by atoms with Gasteiger partial charge < -0.3 is 10.1 Å². The smallest absolute Gasteiger partial charge is 0.172 e. The van der Waals surface area contributed by atoms with E-state index in [0.29, 0.717) is 12.4 Å². The zero-order chi connectivity index (χ0) is 14.0. The van der Waals surface area contributed by atoms with E-state index in [0.717, 1.165) is 29.1 Å². The van der Waals surface area contributed by atoms with Crippen LogP contribution in [0.4, 0.5) is 5.82 Å². The number of aromatic nitrogens is 2. The van der Waals surface area contributed by atoms with Crippen molar-refractivity contribution < 1.29 is 4.74 Å². The van der Waals surface area contributed by atoms with Crippen molar-refractivity contribution in [1.82, 2.24) is 9.97 Å². The number of rotatable bonds is 4. The molecular formula is C11H10Br3N3OS. The van der Waals surface area contributed by atoms with Gasteiger partial charge in [0.2, 0.25) is 0 Å². The summed E-state index contributed by atoms with van der Waals surface area (Å²) in [6.07, 6.45) is 0. The Balaban J connectivity index is 2.54. The molecule has 19 heavy (non-hydrogen) atoms. The first-order chi connectivity index (χ1) is 9.06. The summed E-state index contributed by atoms with van der Waals surface area (Å²) < 4.78 is 8.01. The maximum absolute atomic E-state index is 5.16. The lowest BCUT2D eigenvalue weighted by Crippen LogP contribution is -2.03. The van der Waals surface area contributed by atoms with Crippen LogP contribution in [0.5, 0.6) is 0 Å². The Bertz CT molecular complexity index is 584. The third-order valence-corrected chi connectivity index (χ3v) is 6.39. The Labute approximate surface area is 140 Å². The molecule has 1 N–H and O–H groups in total. The van der Waals surface area contributed by atoms with Crippen molar-refractivity contribution in [2.45, 2.75) is 6.61 Å². The fourth-order valence-electron chi connectivity index (χ4n) is 1.46. The van der Waals surface area contributed by atoms with Crippen molar-refractivity contribution in [2.24, 2.45) is 0 Å². The second-order valence-corrected chi connectivity index (χ2v) is 7.59. The molecule has 4 nitrogen and oxygen atoms in total. The molecule has 2 aromatic rings. The number of halogens is 3. The highest BCUT2D eigenvalue weighted by atomic mass is 79.9. The second-order valence-electron chi connectivity index (χ2n) is 3.57. The maximum atomic E-state index is 5.16. The van der Waals surface area contributed by atoms with Gasteiger partial charge >= 0.3 is 0 Å². The van der Waals surface area contributed by atoms with Gasteiger partial charge in [0, 0.05) is 18.6 Å². The molecule has 0 spiro atoms. The van der Waals surface area contributed by atoms with Gasteiger partial charge in [0.1, 0.15) is 5.82 Å². The molecular weight excluding hydrogens is 462 g/mol. The largest absolute Gasteiger partial charge is 0.378 e. The summed E-state index contributed by atoms with van der Waals surface area (Å²) in [6, 6.07) is 1.99. The number of anilines is 1. The number of nitrogens with zero attached hydrogens (tertiary/aromatic N) is 2. The lowest BCUT2D eigenvalue weighted by atomic mass is 10.3. The van der Waals surface area contributed by atoms with Crippen LogP contribution < -0.4 is 5.32 Å². The van der Waals surface area contributed by atoms with E-state index in [4.69, 9.17) is 4.74 Å². The molecule has 0 saturated heterocycles. The highest BCUT2D eigenvalue weighted by Crippen LogP contribution is 2.38. The molecule has 2 rings (SSSR count). The summed E-state index contributed by atoms with van der Waals surface area (Å²) in [5.74, 6) is 1.42. The van der Waals surface area contributed by atoms with Gasteiger partial charge in [0.05, 0.1) is 25.4 Å². The van der Waals surface area contributed by atoms with Crippen LogP contribution in [-0.4, -0.2) is 24.1 Å². The first-order valence-corrected chi connectivity index (χ1v) is 8.44. The molecule has 0 atom stereocenters. The molecule has 2 heterocycles. The Morgan fingerprint density at radius 2 is 2.05 bits per heavy atom. The first-order valence-electron chi connectivity index (χ1n) is 5.25. The highest BCUT2D eigenvalue weighted by Gasteiger charge is 2.15. The van der Waals surface area contributed by atoms with Crippen LogP contribution in [0, 0.1) is 0 Å². The van der Waals surface area contributed by atoms with Gasteiger partial charge in [-0.05, 0) is 53.9 Å². The minimum atomic E-state index is 0.429. The third kappa shape index (κ3) is 3.36. The molecule has 0 bridgehead atoms. The maximum Gasteiger partial charge on any atom is 0.172 e. The number of hydrogen-bond donors (Lipinski definition) is 1. The normalized spacial score (nSPS) is 10.8. The Morgan fingerprint density at radius 1 is 1.32 bits per heavy atom. The van der Waals surface area contributed by atoms with Gasteiger partial charge in [-0.15, -0.1) is 11.3 Å². The molecule has 0 aliphatic rings. The number of methoxy groups -OCH3 is 1. The van der Waals surface area contributed by atoms with Gasteiger partial charge in [-0.1, -0.05) is 0 Å². The van der Waals surface area contributed by atoms with Crippen molar-refractivity contribution in [3.05, 3.63) is 24.5 Å².